The van der Waals surface area contributed by atoms with Crippen LogP contribution in [0.2, 0.25) is 0 Å². The van der Waals surface area contributed by atoms with E-state index in [1.54, 1.807) is 6.07 Å². The molecule has 1 aromatic carbocycles. The molecular weight excluding hydrogens is 284 g/mol. The Kier molecular flexibility index (Phi) is 5.71. The highest BCUT2D eigenvalue weighted by Crippen LogP contribution is 2.24. The number of nitrogens with zero attached hydrogens (tertiary/aromatic N) is 1. The smallest absolute Gasteiger partial charge is 0.273 e. The Labute approximate surface area is 117 Å². The number of hydrogen-bond donors (Lipinski definition) is 3. The maximum absolute atomic E-state index is 10.9. The molecular formula is C11H18N4O4S. The van der Waals surface area contributed by atoms with Gasteiger partial charge in [-0.25, -0.2) is 13.1 Å². The molecule has 1 aromatic rings. The summed E-state index contributed by atoms with van der Waals surface area (Å²) in [5.74, 6) is 0. The van der Waals surface area contributed by atoms with Crippen LogP contribution in [-0.4, -0.2) is 39.2 Å². The second-order valence-electron chi connectivity index (χ2n) is 4.15. The van der Waals surface area contributed by atoms with Crippen molar-refractivity contribution < 1.29 is 13.3 Å². The first-order chi connectivity index (χ1) is 9.31. The first-order valence-corrected chi connectivity index (χ1v) is 7.93. The summed E-state index contributed by atoms with van der Waals surface area (Å²) < 4.78 is 24.1. The van der Waals surface area contributed by atoms with Crippen molar-refractivity contribution in [1.29, 1.82) is 0 Å². The number of rotatable bonds is 8. The van der Waals surface area contributed by atoms with Crippen LogP contribution in [0.25, 0.3) is 0 Å². The Morgan fingerprint density at radius 3 is 2.25 bits per heavy atom. The van der Waals surface area contributed by atoms with Crippen LogP contribution in [-0.2, 0) is 10.0 Å². The summed E-state index contributed by atoms with van der Waals surface area (Å²) in [6, 6.07) is 4.58. The largest absolute Gasteiger partial charge is 0.385 e. The molecule has 112 valence electrons. The van der Waals surface area contributed by atoms with E-state index in [0.717, 1.165) is 6.26 Å². The number of hydrogen-bond acceptors (Lipinski definition) is 6. The van der Waals surface area contributed by atoms with Crippen molar-refractivity contribution in [3.8, 4) is 0 Å². The molecule has 0 aliphatic heterocycles. The van der Waals surface area contributed by atoms with Gasteiger partial charge < -0.3 is 10.6 Å². The fourth-order valence-electron chi connectivity index (χ4n) is 1.57. The Hall–Kier alpha value is -1.87. The number of nitro groups is 1. The van der Waals surface area contributed by atoms with Gasteiger partial charge in [-0.1, -0.05) is 0 Å². The molecule has 0 aromatic heterocycles. The summed E-state index contributed by atoms with van der Waals surface area (Å²) >= 11 is 0. The lowest BCUT2D eigenvalue weighted by molar-refractivity contribution is -0.384. The maximum atomic E-state index is 10.9. The van der Waals surface area contributed by atoms with Gasteiger partial charge in [0.2, 0.25) is 10.0 Å². The quantitative estimate of drug-likeness (QED) is 0.375. The van der Waals surface area contributed by atoms with Gasteiger partial charge in [-0.15, -0.1) is 0 Å². The van der Waals surface area contributed by atoms with E-state index in [2.05, 4.69) is 15.4 Å². The highest BCUT2D eigenvalue weighted by Gasteiger charge is 2.09. The van der Waals surface area contributed by atoms with Gasteiger partial charge in [0.05, 0.1) is 11.2 Å². The predicted molar refractivity (Wildman–Crippen MR) is 78.6 cm³/mol. The number of sulfonamides is 1. The molecule has 0 unspecified atom stereocenters. The van der Waals surface area contributed by atoms with Gasteiger partial charge in [-0.3, -0.25) is 10.1 Å². The van der Waals surface area contributed by atoms with Crippen molar-refractivity contribution in [2.75, 3.05) is 36.5 Å². The molecule has 1 rings (SSSR count). The van der Waals surface area contributed by atoms with Crippen LogP contribution >= 0.6 is 0 Å². The minimum absolute atomic E-state index is 0.0259. The van der Waals surface area contributed by atoms with E-state index in [0.29, 0.717) is 24.5 Å². The monoisotopic (exact) mass is 302 g/mol. The number of benzene rings is 1. The van der Waals surface area contributed by atoms with Crippen molar-refractivity contribution in [2.45, 2.75) is 6.92 Å². The van der Waals surface area contributed by atoms with E-state index in [9.17, 15) is 18.5 Å². The number of nitrogens with one attached hydrogen (secondary N) is 3. The van der Waals surface area contributed by atoms with Crippen LogP contribution in [0.5, 0.6) is 0 Å². The average Bonchev–Trinajstić information content (AvgIpc) is 2.33. The van der Waals surface area contributed by atoms with Crippen LogP contribution in [0.3, 0.4) is 0 Å². The highest BCUT2D eigenvalue weighted by atomic mass is 32.2. The molecule has 0 atom stereocenters. The molecule has 0 amide bonds. The van der Waals surface area contributed by atoms with Gasteiger partial charge in [0.25, 0.3) is 5.69 Å². The first kappa shape index (κ1) is 16.2. The van der Waals surface area contributed by atoms with E-state index in [4.69, 9.17) is 0 Å². The van der Waals surface area contributed by atoms with E-state index >= 15 is 0 Å². The molecule has 0 bridgehead atoms. The summed E-state index contributed by atoms with van der Waals surface area (Å²) in [6.45, 7) is 3.08. The van der Waals surface area contributed by atoms with Gasteiger partial charge in [0, 0.05) is 43.1 Å². The molecule has 3 N–H and O–H groups in total. The molecule has 0 heterocycles. The van der Waals surface area contributed by atoms with E-state index in [-0.39, 0.29) is 12.2 Å². The molecule has 20 heavy (non-hydrogen) atoms. The zero-order valence-electron chi connectivity index (χ0n) is 11.3. The summed E-state index contributed by atoms with van der Waals surface area (Å²) in [5.41, 5.74) is 1.17. The number of anilines is 2. The summed E-state index contributed by atoms with van der Waals surface area (Å²) in [5, 5.41) is 16.8. The van der Waals surface area contributed by atoms with Crippen molar-refractivity contribution in [2.24, 2.45) is 0 Å². The van der Waals surface area contributed by atoms with Crippen LogP contribution in [0, 0.1) is 10.1 Å². The summed E-state index contributed by atoms with van der Waals surface area (Å²) in [7, 11) is -3.23. The van der Waals surface area contributed by atoms with E-state index in [1.165, 1.54) is 12.1 Å². The van der Waals surface area contributed by atoms with Gasteiger partial charge in [0.1, 0.15) is 0 Å². The number of non-ortho nitro benzene ring substituents is 1. The van der Waals surface area contributed by atoms with Crippen LogP contribution in [0.1, 0.15) is 6.92 Å². The normalized spacial score (nSPS) is 11.1. The molecule has 0 spiro atoms. The molecule has 0 aliphatic carbocycles. The summed E-state index contributed by atoms with van der Waals surface area (Å²) in [4.78, 5) is 10.4. The topological polar surface area (TPSA) is 113 Å². The van der Waals surface area contributed by atoms with Crippen LogP contribution in [0.15, 0.2) is 18.2 Å². The summed E-state index contributed by atoms with van der Waals surface area (Å²) in [6.07, 6.45) is 1.07. The highest BCUT2D eigenvalue weighted by molar-refractivity contribution is 7.88. The van der Waals surface area contributed by atoms with Gasteiger partial charge >= 0.3 is 0 Å². The molecule has 0 fully saturated rings. The van der Waals surface area contributed by atoms with E-state index in [1.807, 2.05) is 6.92 Å². The van der Waals surface area contributed by atoms with Gasteiger partial charge in [-0.05, 0) is 13.0 Å². The van der Waals surface area contributed by atoms with Crippen LogP contribution in [0.4, 0.5) is 17.1 Å². The van der Waals surface area contributed by atoms with E-state index < -0.39 is 14.9 Å². The average molecular weight is 302 g/mol. The van der Waals surface area contributed by atoms with Crippen molar-refractivity contribution in [3.63, 3.8) is 0 Å². The molecule has 9 heteroatoms. The fraction of sp³-hybridized carbons (Fsp3) is 0.455. The second-order valence-corrected chi connectivity index (χ2v) is 5.98. The third-order valence-electron chi connectivity index (χ3n) is 2.33. The Morgan fingerprint density at radius 2 is 1.75 bits per heavy atom. The Morgan fingerprint density at radius 1 is 1.15 bits per heavy atom. The molecule has 0 saturated carbocycles. The maximum Gasteiger partial charge on any atom is 0.273 e. The minimum Gasteiger partial charge on any atom is -0.385 e. The lowest BCUT2D eigenvalue weighted by Gasteiger charge is -2.09. The lowest BCUT2D eigenvalue weighted by atomic mass is 10.2. The first-order valence-electron chi connectivity index (χ1n) is 6.03. The second kappa shape index (κ2) is 7.06. The van der Waals surface area contributed by atoms with Crippen LogP contribution < -0.4 is 15.4 Å². The lowest BCUT2D eigenvalue weighted by Crippen LogP contribution is -2.27. The molecule has 8 nitrogen and oxygen atoms in total. The molecule has 0 saturated heterocycles. The zero-order valence-corrected chi connectivity index (χ0v) is 12.2. The predicted octanol–water partition coefficient (Wildman–Crippen LogP) is 0.988. The Bertz CT molecular complexity index is 574. The zero-order chi connectivity index (χ0) is 15.2. The van der Waals surface area contributed by atoms with Gasteiger partial charge in [0.15, 0.2) is 0 Å². The molecule has 0 radical (unpaired) electrons. The van der Waals surface area contributed by atoms with Crippen molar-refractivity contribution >= 4 is 27.1 Å². The van der Waals surface area contributed by atoms with Crippen molar-refractivity contribution in [1.82, 2.24) is 4.72 Å². The third-order valence-corrected chi connectivity index (χ3v) is 3.06. The third kappa shape index (κ3) is 5.85. The van der Waals surface area contributed by atoms with Gasteiger partial charge in [-0.2, -0.15) is 0 Å². The van der Waals surface area contributed by atoms with Crippen molar-refractivity contribution in [3.05, 3.63) is 28.3 Å². The minimum atomic E-state index is -3.23. The number of nitro benzene ring substituents is 1. The fourth-order valence-corrected chi connectivity index (χ4v) is 2.04. The SMILES string of the molecule is CCNc1cc(NCCNS(C)(=O)=O)cc([N+](=O)[O-])c1. The Balaban J connectivity index is 2.71. The molecule has 0 aliphatic rings. The standard InChI is InChI=1S/C11H18N4O4S/c1-3-12-9-6-10(8-11(7-9)15(16)17)13-4-5-14-20(2,18)19/h6-8,12-14H,3-5H2,1-2H3.